The van der Waals surface area contributed by atoms with Gasteiger partial charge >= 0.3 is 6.03 Å². The van der Waals surface area contributed by atoms with Crippen LogP contribution in [-0.2, 0) is 17.8 Å². The van der Waals surface area contributed by atoms with Crippen molar-refractivity contribution in [3.05, 3.63) is 47.6 Å². The number of likely N-dealkylation sites (tertiary alicyclic amines) is 1. The molecule has 2 aromatic rings. The monoisotopic (exact) mass is 386 g/mol. The van der Waals surface area contributed by atoms with Crippen LogP contribution >= 0.6 is 0 Å². The predicted octanol–water partition coefficient (Wildman–Crippen LogP) is 3.86. The molecule has 0 radical (unpaired) electrons. The Labute approximate surface area is 166 Å². The summed E-state index contributed by atoms with van der Waals surface area (Å²) in [4.78, 5) is 19.0. The van der Waals surface area contributed by atoms with Crippen molar-refractivity contribution in [1.29, 1.82) is 0 Å². The predicted molar refractivity (Wildman–Crippen MR) is 106 cm³/mol. The van der Waals surface area contributed by atoms with Crippen molar-refractivity contribution in [2.24, 2.45) is 0 Å². The molecule has 1 N–H and O–H groups in total. The third kappa shape index (κ3) is 5.79. The van der Waals surface area contributed by atoms with E-state index in [2.05, 4.69) is 15.5 Å². The van der Waals surface area contributed by atoms with E-state index in [1.165, 1.54) is 0 Å². The Balaban J connectivity index is 1.54. The summed E-state index contributed by atoms with van der Waals surface area (Å²) in [5.74, 6) is 1.13. The molecule has 1 fully saturated rings. The van der Waals surface area contributed by atoms with Crippen molar-refractivity contribution in [2.45, 2.75) is 64.6 Å². The van der Waals surface area contributed by atoms with Crippen molar-refractivity contribution in [3.8, 4) is 0 Å². The number of hydrogen-bond acceptors (Lipinski definition) is 5. The van der Waals surface area contributed by atoms with Gasteiger partial charge in [-0.05, 0) is 45.6 Å². The number of carbonyl (C=O) groups is 1. The molecule has 1 aliphatic heterocycles. The zero-order chi connectivity index (χ0) is 20.0. The maximum absolute atomic E-state index is 12.7. The maximum Gasteiger partial charge on any atom is 0.318 e. The third-order valence-electron chi connectivity index (χ3n) is 4.60. The molecule has 1 aromatic carbocycles. The third-order valence-corrected chi connectivity index (χ3v) is 4.60. The number of hydrogen-bond donors (Lipinski definition) is 1. The first-order chi connectivity index (χ1) is 13.4. The lowest BCUT2D eigenvalue weighted by Crippen LogP contribution is -2.50. The molecule has 1 unspecified atom stereocenters. The van der Waals surface area contributed by atoms with Gasteiger partial charge in [-0.3, -0.25) is 0 Å². The Morgan fingerprint density at radius 3 is 2.82 bits per heavy atom. The lowest BCUT2D eigenvalue weighted by atomic mass is 10.0. The van der Waals surface area contributed by atoms with E-state index in [-0.39, 0.29) is 17.6 Å². The van der Waals surface area contributed by atoms with E-state index in [4.69, 9.17) is 9.26 Å². The van der Waals surface area contributed by atoms with Gasteiger partial charge in [0.15, 0.2) is 5.82 Å². The molecule has 0 saturated carbocycles. The second-order valence-corrected chi connectivity index (χ2v) is 8.22. The maximum atomic E-state index is 12.7. The van der Waals surface area contributed by atoms with Crippen molar-refractivity contribution in [2.75, 3.05) is 13.2 Å². The van der Waals surface area contributed by atoms with E-state index < -0.39 is 0 Å². The molecule has 0 bridgehead atoms. The van der Waals surface area contributed by atoms with E-state index >= 15 is 0 Å². The normalized spacial score (nSPS) is 17.5. The molecule has 0 spiro atoms. The second-order valence-electron chi connectivity index (χ2n) is 8.22. The number of benzene rings is 1. The van der Waals surface area contributed by atoms with Crippen LogP contribution in [0.25, 0.3) is 0 Å². The van der Waals surface area contributed by atoms with E-state index in [1.54, 1.807) is 0 Å². The minimum atomic E-state index is -0.283. The van der Waals surface area contributed by atoms with Gasteiger partial charge in [0.2, 0.25) is 5.89 Å². The fraction of sp³-hybridized carbons (Fsp3) is 0.571. The molecular formula is C21H30N4O3. The SMILES string of the molecule is CC(C)(C)NC(=O)N1CCCCC1c1nc(CCOCc2ccccc2)no1. The summed E-state index contributed by atoms with van der Waals surface area (Å²) in [6.07, 6.45) is 3.45. The van der Waals surface area contributed by atoms with Crippen LogP contribution in [0.1, 0.15) is 63.4 Å². The summed E-state index contributed by atoms with van der Waals surface area (Å²) in [5, 5.41) is 7.11. The highest BCUT2D eigenvalue weighted by molar-refractivity contribution is 5.75. The molecule has 2 amide bonds. The number of aromatic nitrogens is 2. The average Bonchev–Trinajstić information content (AvgIpc) is 3.13. The van der Waals surface area contributed by atoms with Crippen molar-refractivity contribution in [1.82, 2.24) is 20.4 Å². The first kappa shape index (κ1) is 20.3. The van der Waals surface area contributed by atoms with Gasteiger partial charge in [0.05, 0.1) is 13.2 Å². The minimum absolute atomic E-state index is 0.0804. The van der Waals surface area contributed by atoms with Crippen LogP contribution in [-0.4, -0.2) is 39.8 Å². The number of urea groups is 1. The molecule has 2 heterocycles. The standard InChI is InChI=1S/C21H30N4O3/c1-21(2,3)23-20(26)25-13-8-7-11-17(25)19-22-18(24-28-19)12-14-27-15-16-9-5-4-6-10-16/h4-6,9-10,17H,7-8,11-15H2,1-3H3,(H,23,26). The van der Waals surface area contributed by atoms with Gasteiger partial charge in [0.1, 0.15) is 6.04 Å². The molecular weight excluding hydrogens is 356 g/mol. The largest absolute Gasteiger partial charge is 0.376 e. The Hall–Kier alpha value is -2.41. The van der Waals surface area contributed by atoms with Crippen LogP contribution < -0.4 is 5.32 Å². The summed E-state index contributed by atoms with van der Waals surface area (Å²) in [7, 11) is 0. The van der Waals surface area contributed by atoms with E-state index in [1.807, 2.05) is 56.0 Å². The quantitative estimate of drug-likeness (QED) is 0.763. The number of nitrogens with one attached hydrogen (secondary N) is 1. The average molecular weight is 386 g/mol. The van der Waals surface area contributed by atoms with Gasteiger partial charge in [-0.2, -0.15) is 4.98 Å². The van der Waals surface area contributed by atoms with Crippen molar-refractivity contribution in [3.63, 3.8) is 0 Å². The summed E-state index contributed by atoms with van der Waals surface area (Å²) >= 11 is 0. The molecule has 1 atom stereocenters. The fourth-order valence-corrected chi connectivity index (χ4v) is 3.26. The molecule has 28 heavy (non-hydrogen) atoms. The van der Waals surface area contributed by atoms with Crippen LogP contribution in [0.2, 0.25) is 0 Å². The van der Waals surface area contributed by atoms with Gasteiger partial charge in [0, 0.05) is 18.5 Å². The molecule has 7 heteroatoms. The van der Waals surface area contributed by atoms with Gasteiger partial charge in [0.25, 0.3) is 0 Å². The van der Waals surface area contributed by atoms with Gasteiger partial charge in [-0.15, -0.1) is 0 Å². The highest BCUT2D eigenvalue weighted by Crippen LogP contribution is 2.30. The summed E-state index contributed by atoms with van der Waals surface area (Å²) in [6, 6.07) is 9.80. The molecule has 1 saturated heterocycles. The number of rotatable bonds is 6. The minimum Gasteiger partial charge on any atom is -0.376 e. The number of amides is 2. The lowest BCUT2D eigenvalue weighted by Gasteiger charge is -2.35. The zero-order valence-electron chi connectivity index (χ0n) is 17.0. The molecule has 1 aromatic heterocycles. The first-order valence-corrected chi connectivity index (χ1v) is 9.95. The fourth-order valence-electron chi connectivity index (χ4n) is 3.26. The first-order valence-electron chi connectivity index (χ1n) is 9.95. The van der Waals surface area contributed by atoms with Crippen LogP contribution in [0.4, 0.5) is 4.79 Å². The summed E-state index contributed by atoms with van der Waals surface area (Å²) in [6.45, 7) is 7.71. The van der Waals surface area contributed by atoms with Crippen molar-refractivity contribution < 1.29 is 14.1 Å². The Kier molecular flexibility index (Phi) is 6.67. The topological polar surface area (TPSA) is 80.5 Å². The summed E-state index contributed by atoms with van der Waals surface area (Å²) in [5.41, 5.74) is 0.855. The Morgan fingerprint density at radius 2 is 2.07 bits per heavy atom. The molecule has 152 valence electrons. The second kappa shape index (κ2) is 9.19. The number of ether oxygens (including phenoxy) is 1. The number of nitrogens with zero attached hydrogens (tertiary/aromatic N) is 3. The number of piperidine rings is 1. The molecule has 7 nitrogen and oxygen atoms in total. The van der Waals surface area contributed by atoms with Crippen LogP contribution in [0.5, 0.6) is 0 Å². The van der Waals surface area contributed by atoms with Crippen LogP contribution in [0.3, 0.4) is 0 Å². The van der Waals surface area contributed by atoms with Crippen LogP contribution in [0, 0.1) is 0 Å². The van der Waals surface area contributed by atoms with Gasteiger partial charge in [-0.25, -0.2) is 4.79 Å². The number of carbonyl (C=O) groups excluding carboxylic acids is 1. The van der Waals surface area contributed by atoms with Gasteiger partial charge < -0.3 is 19.5 Å². The van der Waals surface area contributed by atoms with Gasteiger partial charge in [-0.1, -0.05) is 35.5 Å². The lowest BCUT2D eigenvalue weighted by molar-refractivity contribution is 0.122. The molecule has 3 rings (SSSR count). The van der Waals surface area contributed by atoms with Crippen LogP contribution in [0.15, 0.2) is 34.9 Å². The highest BCUT2D eigenvalue weighted by Gasteiger charge is 2.33. The highest BCUT2D eigenvalue weighted by atomic mass is 16.5. The Morgan fingerprint density at radius 1 is 1.29 bits per heavy atom. The van der Waals surface area contributed by atoms with E-state index in [0.717, 1.165) is 24.8 Å². The van der Waals surface area contributed by atoms with E-state index in [0.29, 0.717) is 37.9 Å². The Bertz CT molecular complexity index is 755. The van der Waals surface area contributed by atoms with Crippen molar-refractivity contribution >= 4 is 6.03 Å². The zero-order valence-corrected chi connectivity index (χ0v) is 17.0. The smallest absolute Gasteiger partial charge is 0.318 e. The molecule has 0 aliphatic carbocycles. The molecule has 1 aliphatic rings. The summed E-state index contributed by atoms with van der Waals surface area (Å²) < 4.78 is 11.2. The van der Waals surface area contributed by atoms with E-state index in [9.17, 15) is 4.79 Å².